The van der Waals surface area contributed by atoms with Crippen molar-refractivity contribution in [2.75, 3.05) is 13.1 Å². The number of nitrogens with zero attached hydrogens (tertiary/aromatic N) is 3. The van der Waals surface area contributed by atoms with Crippen molar-refractivity contribution >= 4 is 28.9 Å². The number of carbonyl (C=O) groups is 1. The molecule has 0 bridgehead atoms. The minimum absolute atomic E-state index is 0.0190. The van der Waals surface area contributed by atoms with Crippen LogP contribution in [0.4, 0.5) is 0 Å². The van der Waals surface area contributed by atoms with E-state index < -0.39 is 0 Å². The number of rotatable bonds is 3. The second-order valence-corrected chi connectivity index (χ2v) is 7.82. The lowest BCUT2D eigenvalue weighted by Gasteiger charge is -2.14. The van der Waals surface area contributed by atoms with E-state index in [4.69, 9.17) is 0 Å². The Balaban J connectivity index is 2.01. The molecule has 144 valence electrons. The quantitative estimate of drug-likeness (QED) is 0.675. The first-order valence-corrected chi connectivity index (χ1v) is 10.3. The Labute approximate surface area is 172 Å². The van der Waals surface area contributed by atoms with E-state index in [-0.39, 0.29) is 17.0 Å². The molecule has 5 nitrogen and oxygen atoms in total. The number of benzene rings is 2. The number of thiazole rings is 1. The lowest BCUT2D eigenvalue weighted by Crippen LogP contribution is -2.35. The van der Waals surface area contributed by atoms with Crippen LogP contribution in [-0.4, -0.2) is 28.5 Å². The van der Waals surface area contributed by atoms with E-state index >= 15 is 0 Å². The predicted molar refractivity (Wildman–Crippen MR) is 114 cm³/mol. The first-order valence-electron chi connectivity index (χ1n) is 9.47. The normalized spacial score (nSPS) is 15.3. The zero-order chi connectivity index (χ0) is 20.2. The minimum Gasteiger partial charge on any atom is -0.338 e. The zero-order valence-corrected chi connectivity index (χ0v) is 16.6. The summed E-state index contributed by atoms with van der Waals surface area (Å²) in [6.45, 7) is 1.29. The molecule has 1 aliphatic heterocycles. The van der Waals surface area contributed by atoms with Crippen molar-refractivity contribution in [2.45, 2.75) is 12.8 Å². The highest BCUT2D eigenvalue weighted by Gasteiger charge is 2.24. The van der Waals surface area contributed by atoms with E-state index in [1.54, 1.807) is 23.1 Å². The lowest BCUT2D eigenvalue weighted by molar-refractivity contribution is -0.123. The molecule has 1 saturated heterocycles. The van der Waals surface area contributed by atoms with Crippen LogP contribution in [0.25, 0.3) is 17.3 Å². The molecule has 0 radical (unpaired) electrons. The molecule has 0 atom stereocenters. The molecule has 1 amide bonds. The van der Waals surface area contributed by atoms with E-state index in [0.717, 1.165) is 18.4 Å². The van der Waals surface area contributed by atoms with Gasteiger partial charge >= 0.3 is 0 Å². The Morgan fingerprint density at radius 2 is 1.62 bits per heavy atom. The molecule has 6 heteroatoms. The number of carbonyl (C=O) groups excluding carboxylic acids is 1. The van der Waals surface area contributed by atoms with E-state index in [9.17, 15) is 14.9 Å². The van der Waals surface area contributed by atoms with Gasteiger partial charge in [0.1, 0.15) is 10.7 Å². The molecule has 2 heterocycles. The fraction of sp³-hybridized carbons (Fsp3) is 0.174. The molecule has 0 N–H and O–H groups in total. The summed E-state index contributed by atoms with van der Waals surface area (Å²) in [7, 11) is 0. The zero-order valence-electron chi connectivity index (χ0n) is 15.7. The van der Waals surface area contributed by atoms with Crippen molar-refractivity contribution in [3.8, 4) is 11.8 Å². The number of hydrogen-bond acceptors (Lipinski definition) is 4. The smallest absolute Gasteiger partial charge is 0.273 e. The SMILES string of the molecule is N#C/C(C(=O)N1CCCC1)=c1/s/c(=C\c2ccccc2)c(=O)n1-c1ccccc1. The van der Waals surface area contributed by atoms with Gasteiger partial charge in [0.2, 0.25) is 0 Å². The fourth-order valence-corrected chi connectivity index (χ4v) is 4.52. The summed E-state index contributed by atoms with van der Waals surface area (Å²) in [6, 6.07) is 20.8. The van der Waals surface area contributed by atoms with Gasteiger partial charge in [0.15, 0.2) is 5.57 Å². The van der Waals surface area contributed by atoms with Crippen LogP contribution in [-0.2, 0) is 4.79 Å². The number of likely N-dealkylation sites (tertiary alicyclic amines) is 1. The molecule has 1 fully saturated rings. The molecule has 1 aromatic heterocycles. The van der Waals surface area contributed by atoms with Gasteiger partial charge in [-0.15, -0.1) is 11.3 Å². The number of aromatic nitrogens is 1. The van der Waals surface area contributed by atoms with Gasteiger partial charge in [0.05, 0.1) is 10.2 Å². The number of hydrogen-bond donors (Lipinski definition) is 0. The Hall–Kier alpha value is -3.43. The largest absolute Gasteiger partial charge is 0.338 e. The molecule has 0 saturated carbocycles. The van der Waals surface area contributed by atoms with Crippen LogP contribution in [0.15, 0.2) is 65.5 Å². The highest BCUT2D eigenvalue weighted by Crippen LogP contribution is 2.12. The summed E-state index contributed by atoms with van der Waals surface area (Å²) in [4.78, 5) is 27.9. The van der Waals surface area contributed by atoms with Crippen LogP contribution in [0.3, 0.4) is 0 Å². The van der Waals surface area contributed by atoms with Gasteiger partial charge in [-0.1, -0.05) is 48.5 Å². The molecule has 0 unspecified atom stereocenters. The third-order valence-corrected chi connectivity index (χ3v) is 5.96. The molecular weight excluding hydrogens is 382 g/mol. The third kappa shape index (κ3) is 3.78. The van der Waals surface area contributed by atoms with Gasteiger partial charge < -0.3 is 4.90 Å². The van der Waals surface area contributed by atoms with Gasteiger partial charge in [-0.25, -0.2) is 0 Å². The van der Waals surface area contributed by atoms with E-state index in [1.807, 2.05) is 48.5 Å². The molecule has 4 rings (SSSR count). The van der Waals surface area contributed by atoms with Crippen LogP contribution in [0.5, 0.6) is 0 Å². The van der Waals surface area contributed by atoms with Crippen molar-refractivity contribution < 1.29 is 4.79 Å². The highest BCUT2D eigenvalue weighted by molar-refractivity contribution is 7.07. The van der Waals surface area contributed by atoms with Crippen LogP contribution in [0.1, 0.15) is 18.4 Å². The molecule has 0 spiro atoms. The average Bonchev–Trinajstić information content (AvgIpc) is 3.39. The second-order valence-electron chi connectivity index (χ2n) is 6.79. The summed E-state index contributed by atoms with van der Waals surface area (Å²) in [5.74, 6) is -0.304. The maximum absolute atomic E-state index is 13.3. The number of para-hydroxylation sites is 1. The molecule has 2 aromatic carbocycles. The van der Waals surface area contributed by atoms with Gasteiger partial charge in [0.25, 0.3) is 11.5 Å². The van der Waals surface area contributed by atoms with Gasteiger partial charge in [-0.3, -0.25) is 14.2 Å². The lowest BCUT2D eigenvalue weighted by atomic mass is 10.2. The Morgan fingerprint density at radius 3 is 2.24 bits per heavy atom. The monoisotopic (exact) mass is 401 g/mol. The van der Waals surface area contributed by atoms with Crippen molar-refractivity contribution in [2.24, 2.45) is 0 Å². The maximum Gasteiger partial charge on any atom is 0.273 e. The first-order chi connectivity index (χ1) is 14.2. The van der Waals surface area contributed by atoms with Crippen LogP contribution in [0.2, 0.25) is 0 Å². The third-order valence-electron chi connectivity index (χ3n) is 4.87. The Kier molecular flexibility index (Phi) is 5.41. The van der Waals surface area contributed by atoms with Crippen LogP contribution < -0.4 is 14.8 Å². The predicted octanol–water partition coefficient (Wildman–Crippen LogP) is 2.02. The molecule has 3 aromatic rings. The van der Waals surface area contributed by atoms with Crippen molar-refractivity contribution in [1.29, 1.82) is 5.26 Å². The second kappa shape index (κ2) is 8.29. The van der Waals surface area contributed by atoms with Gasteiger partial charge in [-0.2, -0.15) is 5.26 Å². The van der Waals surface area contributed by atoms with Crippen molar-refractivity contribution in [3.63, 3.8) is 0 Å². The van der Waals surface area contributed by atoms with E-state index in [2.05, 4.69) is 6.07 Å². The molecule has 29 heavy (non-hydrogen) atoms. The minimum atomic E-state index is -0.304. The summed E-state index contributed by atoms with van der Waals surface area (Å²) >= 11 is 1.18. The summed E-state index contributed by atoms with van der Waals surface area (Å²) in [6.07, 6.45) is 3.67. The van der Waals surface area contributed by atoms with Gasteiger partial charge in [-0.05, 0) is 36.6 Å². The van der Waals surface area contributed by atoms with Crippen LogP contribution >= 0.6 is 11.3 Å². The summed E-state index contributed by atoms with van der Waals surface area (Å²) in [5, 5.41) is 9.82. The Bertz CT molecular complexity index is 1250. The number of nitriles is 1. The Morgan fingerprint density at radius 1 is 1.00 bits per heavy atom. The van der Waals surface area contributed by atoms with E-state index in [0.29, 0.717) is 28.0 Å². The molecule has 0 aliphatic carbocycles. The maximum atomic E-state index is 13.3. The van der Waals surface area contributed by atoms with Crippen LogP contribution in [0, 0.1) is 11.3 Å². The van der Waals surface area contributed by atoms with Gasteiger partial charge in [0, 0.05) is 13.1 Å². The number of amides is 1. The van der Waals surface area contributed by atoms with Crippen molar-refractivity contribution in [1.82, 2.24) is 9.47 Å². The highest BCUT2D eigenvalue weighted by atomic mass is 32.1. The summed E-state index contributed by atoms with van der Waals surface area (Å²) in [5.41, 5.74) is 1.31. The standard InChI is InChI=1S/C23H19N3O2S/c24-16-19(21(27)25-13-7-8-14-25)23-26(18-11-5-2-6-12-18)22(28)20(29-23)15-17-9-3-1-4-10-17/h1-6,9-12,15H,7-8,13-14H2/b20-15-,23-19-. The van der Waals surface area contributed by atoms with E-state index in [1.165, 1.54) is 15.9 Å². The van der Waals surface area contributed by atoms with Crippen molar-refractivity contribution in [3.05, 3.63) is 85.8 Å². The molecule has 1 aliphatic rings. The first kappa shape index (κ1) is 18.9. The fourth-order valence-electron chi connectivity index (χ4n) is 3.43. The molecular formula is C23H19N3O2S. The topological polar surface area (TPSA) is 66.1 Å². The summed E-state index contributed by atoms with van der Waals surface area (Å²) < 4.78 is 2.34. The average molecular weight is 401 g/mol.